The first-order chi connectivity index (χ1) is 7.16. The zero-order chi connectivity index (χ0) is 10.8. The summed E-state index contributed by atoms with van der Waals surface area (Å²) in [6.45, 7) is 4.03. The van der Waals surface area contributed by atoms with Crippen molar-refractivity contribution in [3.05, 3.63) is 35.2 Å². The monoisotopic (exact) mass is 222 g/mol. The summed E-state index contributed by atoms with van der Waals surface area (Å²) >= 11 is 5.79. The standard InChI is InChI=1S/C11H11ClN2O/c1-7(2)11-13-10(14-15-11)8-3-5-9(12)6-4-8/h3-7H,1-2H3. The molecule has 0 atom stereocenters. The lowest BCUT2D eigenvalue weighted by Crippen LogP contribution is -1.86. The highest BCUT2D eigenvalue weighted by molar-refractivity contribution is 6.30. The highest BCUT2D eigenvalue weighted by atomic mass is 35.5. The van der Waals surface area contributed by atoms with Crippen LogP contribution in [0.3, 0.4) is 0 Å². The van der Waals surface area contributed by atoms with E-state index in [1.807, 2.05) is 38.1 Å². The number of aromatic nitrogens is 2. The molecule has 15 heavy (non-hydrogen) atoms. The summed E-state index contributed by atoms with van der Waals surface area (Å²) in [5, 5.41) is 4.61. The molecular formula is C11H11ClN2O. The third kappa shape index (κ3) is 2.18. The van der Waals surface area contributed by atoms with Gasteiger partial charge in [0.1, 0.15) is 0 Å². The van der Waals surface area contributed by atoms with Gasteiger partial charge < -0.3 is 4.52 Å². The van der Waals surface area contributed by atoms with Crippen LogP contribution in [-0.4, -0.2) is 10.1 Å². The molecule has 1 aromatic heterocycles. The van der Waals surface area contributed by atoms with Crippen LogP contribution in [0.2, 0.25) is 5.02 Å². The average Bonchev–Trinajstić information content (AvgIpc) is 2.68. The Bertz CT molecular complexity index is 448. The van der Waals surface area contributed by atoms with Crippen LogP contribution < -0.4 is 0 Å². The number of nitrogens with zero attached hydrogens (tertiary/aromatic N) is 2. The molecule has 0 unspecified atom stereocenters. The van der Waals surface area contributed by atoms with Crippen molar-refractivity contribution in [2.45, 2.75) is 19.8 Å². The summed E-state index contributed by atoms with van der Waals surface area (Å²) in [6.07, 6.45) is 0. The van der Waals surface area contributed by atoms with E-state index < -0.39 is 0 Å². The van der Waals surface area contributed by atoms with E-state index in [1.165, 1.54) is 0 Å². The summed E-state index contributed by atoms with van der Waals surface area (Å²) in [6, 6.07) is 7.36. The highest BCUT2D eigenvalue weighted by Gasteiger charge is 2.10. The minimum absolute atomic E-state index is 0.249. The van der Waals surface area contributed by atoms with Gasteiger partial charge in [0.15, 0.2) is 0 Å². The maximum Gasteiger partial charge on any atom is 0.229 e. The minimum atomic E-state index is 0.249. The molecule has 0 radical (unpaired) electrons. The van der Waals surface area contributed by atoms with Crippen LogP contribution in [0, 0.1) is 0 Å². The lowest BCUT2D eigenvalue weighted by Gasteiger charge is -1.94. The Morgan fingerprint density at radius 2 is 1.87 bits per heavy atom. The van der Waals surface area contributed by atoms with Crippen LogP contribution in [0.25, 0.3) is 11.4 Å². The smallest absolute Gasteiger partial charge is 0.229 e. The number of hydrogen-bond acceptors (Lipinski definition) is 3. The van der Waals surface area contributed by atoms with Crippen LogP contribution >= 0.6 is 11.6 Å². The van der Waals surface area contributed by atoms with Gasteiger partial charge in [0, 0.05) is 16.5 Å². The van der Waals surface area contributed by atoms with E-state index in [2.05, 4.69) is 10.1 Å². The maximum atomic E-state index is 5.79. The van der Waals surface area contributed by atoms with E-state index in [1.54, 1.807) is 0 Å². The molecule has 3 nitrogen and oxygen atoms in total. The van der Waals surface area contributed by atoms with E-state index in [-0.39, 0.29) is 5.92 Å². The maximum absolute atomic E-state index is 5.79. The molecule has 78 valence electrons. The molecule has 1 heterocycles. The molecule has 0 spiro atoms. The lowest BCUT2D eigenvalue weighted by molar-refractivity contribution is 0.365. The van der Waals surface area contributed by atoms with Crippen molar-refractivity contribution >= 4 is 11.6 Å². The van der Waals surface area contributed by atoms with E-state index in [0.717, 1.165) is 5.56 Å². The second kappa shape index (κ2) is 4.03. The predicted octanol–water partition coefficient (Wildman–Crippen LogP) is 3.51. The summed E-state index contributed by atoms with van der Waals surface area (Å²) in [7, 11) is 0. The number of benzene rings is 1. The van der Waals surface area contributed by atoms with Gasteiger partial charge in [-0.3, -0.25) is 0 Å². The fourth-order valence-electron chi connectivity index (χ4n) is 1.19. The molecule has 0 saturated heterocycles. The number of hydrogen-bond donors (Lipinski definition) is 0. The van der Waals surface area contributed by atoms with Crippen molar-refractivity contribution in [1.82, 2.24) is 10.1 Å². The van der Waals surface area contributed by atoms with Gasteiger partial charge in [0.05, 0.1) is 0 Å². The predicted molar refractivity (Wildman–Crippen MR) is 58.8 cm³/mol. The van der Waals surface area contributed by atoms with Gasteiger partial charge in [0.2, 0.25) is 11.7 Å². The van der Waals surface area contributed by atoms with Crippen molar-refractivity contribution in [2.75, 3.05) is 0 Å². The van der Waals surface area contributed by atoms with Crippen LogP contribution in [0.1, 0.15) is 25.7 Å². The van der Waals surface area contributed by atoms with Gasteiger partial charge in [-0.15, -0.1) is 0 Å². The first-order valence-electron chi connectivity index (χ1n) is 4.76. The molecule has 0 bridgehead atoms. The van der Waals surface area contributed by atoms with Gasteiger partial charge in [0.25, 0.3) is 0 Å². The van der Waals surface area contributed by atoms with Crippen molar-refractivity contribution < 1.29 is 4.52 Å². The van der Waals surface area contributed by atoms with Crippen molar-refractivity contribution in [3.63, 3.8) is 0 Å². The molecule has 0 amide bonds. The van der Waals surface area contributed by atoms with Gasteiger partial charge >= 0.3 is 0 Å². The first kappa shape index (κ1) is 10.2. The molecule has 4 heteroatoms. The Kier molecular flexibility index (Phi) is 2.73. The normalized spacial score (nSPS) is 10.9. The molecule has 0 fully saturated rings. The van der Waals surface area contributed by atoms with Crippen LogP contribution in [0.4, 0.5) is 0 Å². The molecule has 0 N–H and O–H groups in total. The fourth-order valence-corrected chi connectivity index (χ4v) is 1.31. The SMILES string of the molecule is CC(C)c1nc(-c2ccc(Cl)cc2)no1. The molecule has 2 rings (SSSR count). The second-order valence-electron chi connectivity index (χ2n) is 3.62. The van der Waals surface area contributed by atoms with Crippen LogP contribution in [0.5, 0.6) is 0 Å². The van der Waals surface area contributed by atoms with Gasteiger partial charge in [-0.1, -0.05) is 30.6 Å². The minimum Gasteiger partial charge on any atom is -0.339 e. The Morgan fingerprint density at radius 1 is 1.20 bits per heavy atom. The number of halogens is 1. The largest absolute Gasteiger partial charge is 0.339 e. The highest BCUT2D eigenvalue weighted by Crippen LogP contribution is 2.20. The molecule has 0 aliphatic heterocycles. The Labute approximate surface area is 93.1 Å². The zero-order valence-electron chi connectivity index (χ0n) is 8.57. The first-order valence-corrected chi connectivity index (χ1v) is 5.14. The number of rotatable bonds is 2. The average molecular weight is 223 g/mol. The van der Waals surface area contributed by atoms with E-state index in [4.69, 9.17) is 16.1 Å². The molecule has 2 aromatic rings. The summed E-state index contributed by atoms with van der Waals surface area (Å²) < 4.78 is 5.12. The summed E-state index contributed by atoms with van der Waals surface area (Å²) in [5.74, 6) is 1.51. The molecule has 1 aromatic carbocycles. The van der Waals surface area contributed by atoms with Gasteiger partial charge in [-0.25, -0.2) is 0 Å². The molecular weight excluding hydrogens is 212 g/mol. The second-order valence-corrected chi connectivity index (χ2v) is 4.05. The topological polar surface area (TPSA) is 38.9 Å². The van der Waals surface area contributed by atoms with Crippen molar-refractivity contribution in [3.8, 4) is 11.4 Å². The Balaban J connectivity index is 2.33. The molecule has 0 aliphatic carbocycles. The molecule has 0 aliphatic rings. The van der Waals surface area contributed by atoms with Gasteiger partial charge in [-0.2, -0.15) is 4.98 Å². The third-order valence-electron chi connectivity index (χ3n) is 2.04. The fraction of sp³-hybridized carbons (Fsp3) is 0.273. The summed E-state index contributed by atoms with van der Waals surface area (Å²) in [5.41, 5.74) is 0.912. The van der Waals surface area contributed by atoms with E-state index in [0.29, 0.717) is 16.7 Å². The third-order valence-corrected chi connectivity index (χ3v) is 2.29. The lowest BCUT2D eigenvalue weighted by atomic mass is 10.2. The van der Waals surface area contributed by atoms with Crippen LogP contribution in [-0.2, 0) is 0 Å². The van der Waals surface area contributed by atoms with Crippen LogP contribution in [0.15, 0.2) is 28.8 Å². The van der Waals surface area contributed by atoms with E-state index in [9.17, 15) is 0 Å². The summed E-state index contributed by atoms with van der Waals surface area (Å²) in [4.78, 5) is 4.29. The van der Waals surface area contributed by atoms with Crippen molar-refractivity contribution in [2.24, 2.45) is 0 Å². The van der Waals surface area contributed by atoms with Crippen molar-refractivity contribution in [1.29, 1.82) is 0 Å². The Morgan fingerprint density at radius 3 is 2.40 bits per heavy atom. The van der Waals surface area contributed by atoms with Gasteiger partial charge in [-0.05, 0) is 24.3 Å². The zero-order valence-corrected chi connectivity index (χ0v) is 9.32. The van der Waals surface area contributed by atoms with E-state index >= 15 is 0 Å². The molecule has 0 saturated carbocycles. The Hall–Kier alpha value is -1.35. The quantitative estimate of drug-likeness (QED) is 0.781.